The lowest BCUT2D eigenvalue weighted by atomic mass is 10.0. The van der Waals surface area contributed by atoms with Crippen molar-refractivity contribution in [1.29, 1.82) is 0 Å². The number of hydrogen-bond acceptors (Lipinski definition) is 3. The van der Waals surface area contributed by atoms with Gasteiger partial charge in [-0.3, -0.25) is 9.59 Å². The molecule has 0 unspecified atom stereocenters. The number of carbonyl (C=O) groups excluding carboxylic acids is 2. The lowest BCUT2D eigenvalue weighted by molar-refractivity contribution is -0.131. The van der Waals surface area contributed by atoms with Gasteiger partial charge in [0.25, 0.3) is 0 Å². The van der Waals surface area contributed by atoms with Crippen LogP contribution in [-0.4, -0.2) is 49.4 Å². The first-order valence-electron chi connectivity index (χ1n) is 9.28. The molecule has 2 heterocycles. The molecule has 2 aliphatic rings. The number of aryl methyl sites for hydroxylation is 1. The largest absolute Gasteiger partial charge is 0.368 e. The normalized spacial score (nSPS) is 17.1. The van der Waals surface area contributed by atoms with Crippen LogP contribution in [0.15, 0.2) is 53.0 Å². The van der Waals surface area contributed by atoms with Gasteiger partial charge in [-0.05, 0) is 42.3 Å². The zero-order chi connectivity index (χ0) is 18.8. The summed E-state index contributed by atoms with van der Waals surface area (Å²) < 4.78 is 0.999. The van der Waals surface area contributed by atoms with Crippen molar-refractivity contribution in [2.24, 2.45) is 0 Å². The number of fused-ring (bicyclic) bond motifs is 1. The zero-order valence-corrected chi connectivity index (χ0v) is 16.7. The van der Waals surface area contributed by atoms with E-state index in [0.717, 1.165) is 35.2 Å². The number of nitrogens with zero attached hydrogens (tertiary/aromatic N) is 3. The molecule has 0 atom stereocenters. The number of amides is 2. The molecule has 0 N–H and O–H groups in total. The molecule has 0 aliphatic carbocycles. The van der Waals surface area contributed by atoms with Crippen molar-refractivity contribution in [2.45, 2.75) is 12.8 Å². The number of anilines is 2. The van der Waals surface area contributed by atoms with Crippen LogP contribution in [0, 0.1) is 0 Å². The van der Waals surface area contributed by atoms with Gasteiger partial charge < -0.3 is 14.7 Å². The Bertz CT molecular complexity index is 848. The Labute approximate surface area is 167 Å². The summed E-state index contributed by atoms with van der Waals surface area (Å²) in [6, 6.07) is 16.2. The standard InChI is InChI=1S/C21H22BrN3O2/c22-17-7-8-19-16(14-17)6-9-20(26)25(19)15-21(27)24-12-10-23(11-13-24)18-4-2-1-3-5-18/h1-5,7-8,14H,6,9-13,15H2. The molecular formula is C21H22BrN3O2. The van der Waals surface area contributed by atoms with Crippen molar-refractivity contribution in [1.82, 2.24) is 4.90 Å². The molecule has 5 nitrogen and oxygen atoms in total. The van der Waals surface area contributed by atoms with Crippen LogP contribution in [0.4, 0.5) is 11.4 Å². The fourth-order valence-corrected chi connectivity index (χ4v) is 4.20. The molecule has 0 aromatic heterocycles. The van der Waals surface area contributed by atoms with Crippen LogP contribution >= 0.6 is 15.9 Å². The first kappa shape index (κ1) is 18.0. The highest BCUT2D eigenvalue weighted by Crippen LogP contribution is 2.30. The maximum atomic E-state index is 12.8. The molecule has 4 rings (SSSR count). The molecule has 27 heavy (non-hydrogen) atoms. The van der Waals surface area contributed by atoms with Crippen LogP contribution < -0.4 is 9.80 Å². The Kier molecular flexibility index (Phi) is 5.16. The molecule has 0 bridgehead atoms. The van der Waals surface area contributed by atoms with Gasteiger partial charge in [-0.2, -0.15) is 0 Å². The summed E-state index contributed by atoms with van der Waals surface area (Å²) in [5.41, 5.74) is 3.17. The summed E-state index contributed by atoms with van der Waals surface area (Å²) >= 11 is 3.48. The molecule has 0 radical (unpaired) electrons. The highest BCUT2D eigenvalue weighted by molar-refractivity contribution is 9.10. The predicted octanol–water partition coefficient (Wildman–Crippen LogP) is 3.08. The lowest BCUT2D eigenvalue weighted by Gasteiger charge is -2.37. The van der Waals surface area contributed by atoms with Gasteiger partial charge in [0.15, 0.2) is 0 Å². The van der Waals surface area contributed by atoms with Gasteiger partial charge >= 0.3 is 0 Å². The van der Waals surface area contributed by atoms with Crippen molar-refractivity contribution >= 4 is 39.1 Å². The number of halogens is 1. The van der Waals surface area contributed by atoms with Crippen LogP contribution in [0.3, 0.4) is 0 Å². The average molecular weight is 428 g/mol. The Balaban J connectivity index is 1.41. The number of para-hydroxylation sites is 1. The van der Waals surface area contributed by atoms with E-state index in [9.17, 15) is 9.59 Å². The monoisotopic (exact) mass is 427 g/mol. The third-order valence-electron chi connectivity index (χ3n) is 5.29. The van der Waals surface area contributed by atoms with E-state index in [1.807, 2.05) is 41.3 Å². The van der Waals surface area contributed by atoms with Gasteiger partial charge in [-0.1, -0.05) is 34.1 Å². The minimum absolute atomic E-state index is 0.0202. The Hall–Kier alpha value is -2.34. The van der Waals surface area contributed by atoms with Crippen LogP contribution in [-0.2, 0) is 16.0 Å². The minimum atomic E-state index is 0.0202. The molecule has 1 fully saturated rings. The molecule has 6 heteroatoms. The Morgan fingerprint density at radius 2 is 1.70 bits per heavy atom. The zero-order valence-electron chi connectivity index (χ0n) is 15.1. The summed E-state index contributed by atoms with van der Waals surface area (Å²) in [5.74, 6) is 0.0490. The van der Waals surface area contributed by atoms with Crippen molar-refractivity contribution in [3.8, 4) is 0 Å². The van der Waals surface area contributed by atoms with Crippen LogP contribution in [0.2, 0.25) is 0 Å². The van der Waals surface area contributed by atoms with Gasteiger partial charge in [0, 0.05) is 48.4 Å². The number of benzene rings is 2. The van der Waals surface area contributed by atoms with Gasteiger partial charge in [-0.15, -0.1) is 0 Å². The fraction of sp³-hybridized carbons (Fsp3) is 0.333. The Morgan fingerprint density at radius 1 is 0.963 bits per heavy atom. The van der Waals surface area contributed by atoms with E-state index < -0.39 is 0 Å². The number of rotatable bonds is 3. The maximum Gasteiger partial charge on any atom is 0.242 e. The molecule has 2 aromatic carbocycles. The van der Waals surface area contributed by atoms with Crippen molar-refractivity contribution in [3.05, 3.63) is 58.6 Å². The molecule has 2 amide bonds. The second-order valence-electron chi connectivity index (χ2n) is 6.96. The van der Waals surface area contributed by atoms with E-state index in [1.54, 1.807) is 4.90 Å². The number of piperazine rings is 1. The average Bonchev–Trinajstić information content (AvgIpc) is 2.71. The second-order valence-corrected chi connectivity index (χ2v) is 7.87. The van der Waals surface area contributed by atoms with Gasteiger partial charge in [0.1, 0.15) is 6.54 Å². The summed E-state index contributed by atoms with van der Waals surface area (Å²) in [7, 11) is 0. The molecular weight excluding hydrogens is 406 g/mol. The van der Waals surface area contributed by atoms with Crippen LogP contribution in [0.1, 0.15) is 12.0 Å². The van der Waals surface area contributed by atoms with Crippen molar-refractivity contribution in [3.63, 3.8) is 0 Å². The minimum Gasteiger partial charge on any atom is -0.368 e. The smallest absolute Gasteiger partial charge is 0.242 e. The van der Waals surface area contributed by atoms with E-state index in [2.05, 4.69) is 33.0 Å². The second kappa shape index (κ2) is 7.72. The third-order valence-corrected chi connectivity index (χ3v) is 5.78. The molecule has 0 saturated carbocycles. The number of hydrogen-bond donors (Lipinski definition) is 0. The molecule has 2 aliphatic heterocycles. The van der Waals surface area contributed by atoms with Crippen molar-refractivity contribution in [2.75, 3.05) is 42.5 Å². The van der Waals surface area contributed by atoms with E-state index in [0.29, 0.717) is 19.5 Å². The van der Waals surface area contributed by atoms with E-state index in [-0.39, 0.29) is 18.4 Å². The first-order valence-corrected chi connectivity index (χ1v) is 10.1. The topological polar surface area (TPSA) is 43.9 Å². The quantitative estimate of drug-likeness (QED) is 0.755. The predicted molar refractivity (Wildman–Crippen MR) is 110 cm³/mol. The maximum absolute atomic E-state index is 12.8. The summed E-state index contributed by atoms with van der Waals surface area (Å²) in [4.78, 5) is 31.1. The molecule has 2 aromatic rings. The molecule has 140 valence electrons. The SMILES string of the molecule is O=C(CN1C(=O)CCc2cc(Br)ccc21)N1CCN(c2ccccc2)CC1. The third kappa shape index (κ3) is 3.86. The van der Waals surface area contributed by atoms with Crippen molar-refractivity contribution < 1.29 is 9.59 Å². The highest BCUT2D eigenvalue weighted by Gasteiger charge is 2.29. The fourth-order valence-electron chi connectivity index (χ4n) is 3.79. The lowest BCUT2D eigenvalue weighted by Crippen LogP contribution is -2.52. The van der Waals surface area contributed by atoms with Gasteiger partial charge in [0.2, 0.25) is 11.8 Å². The van der Waals surface area contributed by atoms with E-state index in [4.69, 9.17) is 0 Å². The van der Waals surface area contributed by atoms with Gasteiger partial charge in [-0.25, -0.2) is 0 Å². The van der Waals surface area contributed by atoms with E-state index >= 15 is 0 Å². The highest BCUT2D eigenvalue weighted by atomic mass is 79.9. The summed E-state index contributed by atoms with van der Waals surface area (Å²) in [5, 5.41) is 0. The number of carbonyl (C=O) groups is 2. The summed E-state index contributed by atoms with van der Waals surface area (Å²) in [6.07, 6.45) is 1.19. The van der Waals surface area contributed by atoms with Crippen LogP contribution in [0.5, 0.6) is 0 Å². The Morgan fingerprint density at radius 3 is 2.44 bits per heavy atom. The molecule has 1 saturated heterocycles. The van der Waals surface area contributed by atoms with Gasteiger partial charge in [0.05, 0.1) is 0 Å². The summed E-state index contributed by atoms with van der Waals surface area (Å²) in [6.45, 7) is 3.12. The first-order chi connectivity index (χ1) is 13.1. The van der Waals surface area contributed by atoms with E-state index in [1.165, 1.54) is 5.69 Å². The van der Waals surface area contributed by atoms with Crippen LogP contribution in [0.25, 0.3) is 0 Å². The molecule has 0 spiro atoms.